The van der Waals surface area contributed by atoms with E-state index in [1.807, 2.05) is 0 Å². The summed E-state index contributed by atoms with van der Waals surface area (Å²) in [5.41, 5.74) is 0.576. The van der Waals surface area contributed by atoms with Gasteiger partial charge in [0.1, 0.15) is 5.75 Å². The molecular weight excluding hydrogens is 328 g/mol. The first-order valence-corrected chi connectivity index (χ1v) is 6.25. The molecule has 0 fully saturated rings. The zero-order valence-corrected chi connectivity index (χ0v) is 11.6. The third-order valence-corrected chi connectivity index (χ3v) is 3.16. The minimum Gasteiger partial charge on any atom is -0.505 e. The number of pyridine rings is 1. The maximum Gasteiger partial charge on any atom is 0.335 e. The Balaban J connectivity index is 2.25. The maximum atomic E-state index is 12.0. The number of hydrogen-bond acceptors (Lipinski definition) is 4. The number of anilines is 1. The van der Waals surface area contributed by atoms with Crippen LogP contribution in [0.4, 0.5) is 5.69 Å². The van der Waals surface area contributed by atoms with Crippen molar-refractivity contribution in [2.24, 2.45) is 0 Å². The number of hydrogen-bond donors (Lipinski definition) is 3. The van der Waals surface area contributed by atoms with Crippen molar-refractivity contribution in [2.75, 3.05) is 5.32 Å². The first kappa shape index (κ1) is 14.0. The zero-order valence-electron chi connectivity index (χ0n) is 10.0. The normalized spacial score (nSPS) is 10.1. The second-order valence-corrected chi connectivity index (χ2v) is 4.70. The number of carboxylic acid groups (broad SMARTS) is 1. The molecule has 1 aromatic heterocycles. The van der Waals surface area contributed by atoms with Crippen molar-refractivity contribution in [1.29, 1.82) is 0 Å². The number of carboxylic acids is 1. The van der Waals surface area contributed by atoms with Crippen molar-refractivity contribution in [2.45, 2.75) is 0 Å². The van der Waals surface area contributed by atoms with Crippen LogP contribution in [0.2, 0.25) is 0 Å². The summed E-state index contributed by atoms with van der Waals surface area (Å²) in [4.78, 5) is 26.5. The summed E-state index contributed by atoms with van der Waals surface area (Å²) in [5.74, 6) is -1.81. The Hall–Kier alpha value is -2.41. The lowest BCUT2D eigenvalue weighted by molar-refractivity contribution is 0.0696. The molecule has 6 nitrogen and oxygen atoms in total. The van der Waals surface area contributed by atoms with Crippen LogP contribution in [0.3, 0.4) is 0 Å². The largest absolute Gasteiger partial charge is 0.505 e. The highest BCUT2D eigenvalue weighted by Gasteiger charge is 2.13. The van der Waals surface area contributed by atoms with Crippen molar-refractivity contribution in [3.63, 3.8) is 0 Å². The van der Waals surface area contributed by atoms with E-state index >= 15 is 0 Å². The van der Waals surface area contributed by atoms with Gasteiger partial charge >= 0.3 is 5.97 Å². The van der Waals surface area contributed by atoms with Gasteiger partial charge in [0.25, 0.3) is 5.91 Å². The molecule has 0 aliphatic rings. The number of halogens is 1. The van der Waals surface area contributed by atoms with Crippen molar-refractivity contribution in [1.82, 2.24) is 4.98 Å². The number of rotatable bonds is 3. The Morgan fingerprint density at radius 1 is 1.25 bits per heavy atom. The van der Waals surface area contributed by atoms with E-state index in [1.54, 1.807) is 0 Å². The summed E-state index contributed by atoms with van der Waals surface area (Å²) >= 11 is 3.18. The third kappa shape index (κ3) is 2.94. The molecule has 0 bridgehead atoms. The molecule has 102 valence electrons. The molecule has 1 heterocycles. The molecule has 0 aliphatic carbocycles. The van der Waals surface area contributed by atoms with Crippen LogP contribution in [0, 0.1) is 0 Å². The number of aromatic hydroxyl groups is 1. The number of aromatic nitrogens is 1. The smallest absolute Gasteiger partial charge is 0.335 e. The fourth-order valence-corrected chi connectivity index (χ4v) is 2.00. The lowest BCUT2D eigenvalue weighted by atomic mass is 10.2. The highest BCUT2D eigenvalue weighted by Crippen LogP contribution is 2.25. The van der Waals surface area contributed by atoms with Crippen LogP contribution < -0.4 is 5.32 Å². The van der Waals surface area contributed by atoms with Gasteiger partial charge in [-0.05, 0) is 40.2 Å². The molecule has 1 amide bonds. The predicted octanol–water partition coefficient (Wildman–Crippen LogP) is 2.50. The van der Waals surface area contributed by atoms with Crippen LogP contribution in [-0.4, -0.2) is 27.1 Å². The second-order valence-electron chi connectivity index (χ2n) is 3.85. The number of nitrogens with one attached hydrogen (secondary N) is 1. The monoisotopic (exact) mass is 336 g/mol. The van der Waals surface area contributed by atoms with Gasteiger partial charge in [-0.15, -0.1) is 0 Å². The number of nitrogens with zero attached hydrogens (tertiary/aromatic N) is 1. The third-order valence-electron chi connectivity index (χ3n) is 2.51. The molecule has 3 N–H and O–H groups in total. The van der Waals surface area contributed by atoms with E-state index in [1.165, 1.54) is 30.5 Å². The molecule has 0 aliphatic heterocycles. The van der Waals surface area contributed by atoms with Gasteiger partial charge in [-0.1, -0.05) is 0 Å². The molecule has 0 spiro atoms. The average molecular weight is 337 g/mol. The number of amides is 1. The minimum atomic E-state index is -1.06. The number of aromatic carboxylic acids is 1. The van der Waals surface area contributed by atoms with E-state index < -0.39 is 11.9 Å². The molecule has 0 saturated heterocycles. The Kier molecular flexibility index (Phi) is 3.99. The molecular formula is C13H9BrN2O4. The van der Waals surface area contributed by atoms with Gasteiger partial charge in [0.2, 0.25) is 0 Å². The fraction of sp³-hybridized carbons (Fsp3) is 0. The summed E-state index contributed by atoms with van der Waals surface area (Å²) < 4.78 is 0.430. The van der Waals surface area contributed by atoms with Crippen LogP contribution in [0.5, 0.6) is 5.75 Å². The summed E-state index contributed by atoms with van der Waals surface area (Å²) in [6.07, 6.45) is 2.55. The first-order chi connectivity index (χ1) is 9.49. The Morgan fingerprint density at radius 3 is 2.60 bits per heavy atom. The molecule has 0 radical (unpaired) electrons. The van der Waals surface area contributed by atoms with Gasteiger partial charge in [-0.3, -0.25) is 9.78 Å². The molecule has 20 heavy (non-hydrogen) atoms. The zero-order chi connectivity index (χ0) is 14.7. The lowest BCUT2D eigenvalue weighted by Gasteiger charge is -2.08. The van der Waals surface area contributed by atoms with Crippen molar-refractivity contribution >= 4 is 33.5 Å². The maximum absolute atomic E-state index is 12.0. The summed E-state index contributed by atoms with van der Waals surface area (Å²) in [7, 11) is 0. The fourth-order valence-electron chi connectivity index (χ4n) is 1.52. The van der Waals surface area contributed by atoms with Gasteiger partial charge < -0.3 is 15.5 Å². The molecule has 0 saturated carbocycles. The van der Waals surface area contributed by atoms with E-state index in [9.17, 15) is 14.7 Å². The quantitative estimate of drug-likeness (QED) is 0.799. The lowest BCUT2D eigenvalue weighted by Crippen LogP contribution is -2.13. The van der Waals surface area contributed by atoms with E-state index in [4.69, 9.17) is 5.11 Å². The van der Waals surface area contributed by atoms with Gasteiger partial charge in [0, 0.05) is 10.7 Å². The Bertz CT molecular complexity index is 688. The number of carbonyl (C=O) groups excluding carboxylic acids is 1. The highest BCUT2D eigenvalue weighted by molar-refractivity contribution is 9.10. The Labute approximate surface area is 122 Å². The van der Waals surface area contributed by atoms with Gasteiger partial charge in [0.15, 0.2) is 0 Å². The van der Waals surface area contributed by atoms with Crippen molar-refractivity contribution < 1.29 is 19.8 Å². The van der Waals surface area contributed by atoms with E-state index in [0.717, 1.165) is 6.20 Å². The van der Waals surface area contributed by atoms with E-state index in [-0.39, 0.29) is 16.9 Å². The molecule has 2 rings (SSSR count). The van der Waals surface area contributed by atoms with Crippen LogP contribution in [0.1, 0.15) is 20.7 Å². The minimum absolute atomic E-state index is 0.0780. The van der Waals surface area contributed by atoms with E-state index in [0.29, 0.717) is 10.2 Å². The number of carbonyl (C=O) groups is 2. The van der Waals surface area contributed by atoms with Gasteiger partial charge in [-0.25, -0.2) is 4.79 Å². The predicted molar refractivity (Wildman–Crippen MR) is 75.0 cm³/mol. The second kappa shape index (κ2) is 5.70. The summed E-state index contributed by atoms with van der Waals surface area (Å²) in [5, 5.41) is 20.9. The topological polar surface area (TPSA) is 99.5 Å². The molecule has 1 aromatic carbocycles. The average Bonchev–Trinajstić information content (AvgIpc) is 2.41. The van der Waals surface area contributed by atoms with Crippen LogP contribution in [-0.2, 0) is 0 Å². The van der Waals surface area contributed by atoms with Crippen LogP contribution in [0.25, 0.3) is 0 Å². The summed E-state index contributed by atoms with van der Waals surface area (Å²) in [6.45, 7) is 0. The van der Waals surface area contributed by atoms with Crippen LogP contribution in [0.15, 0.2) is 41.1 Å². The van der Waals surface area contributed by atoms with Crippen molar-refractivity contribution in [3.05, 3.63) is 52.3 Å². The standard InChI is InChI=1S/C13H9BrN2O4/c14-9-5-7(13(19)20)1-2-10(9)16-12(18)8-3-4-15-6-11(8)17/h1-6,17H,(H,16,18)(H,19,20). The van der Waals surface area contributed by atoms with E-state index in [2.05, 4.69) is 26.2 Å². The summed E-state index contributed by atoms with van der Waals surface area (Å²) in [6, 6.07) is 5.59. The van der Waals surface area contributed by atoms with Crippen LogP contribution >= 0.6 is 15.9 Å². The molecule has 0 unspecified atom stereocenters. The molecule has 0 atom stereocenters. The van der Waals surface area contributed by atoms with Gasteiger partial charge in [0.05, 0.1) is 23.0 Å². The highest BCUT2D eigenvalue weighted by atomic mass is 79.9. The number of benzene rings is 1. The first-order valence-electron chi connectivity index (χ1n) is 5.46. The molecule has 2 aromatic rings. The SMILES string of the molecule is O=C(O)c1ccc(NC(=O)c2ccncc2O)c(Br)c1. The van der Waals surface area contributed by atoms with Crippen molar-refractivity contribution in [3.8, 4) is 5.75 Å². The Morgan fingerprint density at radius 2 is 2.00 bits per heavy atom. The van der Waals surface area contributed by atoms with Gasteiger partial charge in [-0.2, -0.15) is 0 Å². The molecule has 7 heteroatoms.